The summed E-state index contributed by atoms with van der Waals surface area (Å²) < 4.78 is 0. The quantitative estimate of drug-likeness (QED) is 0.491. The van der Waals surface area contributed by atoms with Crippen molar-refractivity contribution >= 4 is 6.29 Å². The van der Waals surface area contributed by atoms with Crippen LogP contribution in [0.2, 0.25) is 0 Å². The molecule has 0 heterocycles. The summed E-state index contributed by atoms with van der Waals surface area (Å²) in [6, 6.07) is 0. The Morgan fingerprint density at radius 1 is 1.57 bits per heavy atom. The lowest BCUT2D eigenvalue weighted by Crippen LogP contribution is -1.83. The molecular formula is C6H11O. The normalized spacial score (nSPS) is 9.57. The van der Waals surface area contributed by atoms with Gasteiger partial charge in [0.1, 0.15) is 6.29 Å². The van der Waals surface area contributed by atoms with Gasteiger partial charge in [-0.3, -0.25) is 0 Å². The van der Waals surface area contributed by atoms with Crippen LogP contribution in [-0.2, 0) is 4.79 Å². The largest absolute Gasteiger partial charge is 0.303 e. The maximum Gasteiger partial charge on any atom is 0.120 e. The highest BCUT2D eigenvalue weighted by Gasteiger charge is 1.89. The summed E-state index contributed by atoms with van der Waals surface area (Å²) in [6.07, 6.45) is 2.58. The van der Waals surface area contributed by atoms with Crippen LogP contribution in [0, 0.1) is 5.92 Å². The fourth-order valence-corrected chi connectivity index (χ4v) is 0.348. The van der Waals surface area contributed by atoms with Crippen LogP contribution in [-0.4, -0.2) is 6.29 Å². The molecule has 0 saturated carbocycles. The second kappa shape index (κ2) is 3.85. The molecule has 0 aliphatic rings. The molecule has 0 aromatic heterocycles. The minimum atomic E-state index is 0.683. The van der Waals surface area contributed by atoms with E-state index in [-0.39, 0.29) is 0 Å². The number of hydrogen-bond donors (Lipinski definition) is 0. The van der Waals surface area contributed by atoms with E-state index in [9.17, 15) is 4.79 Å². The van der Waals surface area contributed by atoms with Crippen molar-refractivity contribution in [3.63, 3.8) is 0 Å². The minimum absolute atomic E-state index is 0.683. The lowest BCUT2D eigenvalue weighted by Gasteiger charge is -1.94. The molecule has 0 aliphatic heterocycles. The summed E-state index contributed by atoms with van der Waals surface area (Å²) in [5.41, 5.74) is 0. The Labute approximate surface area is 44.7 Å². The highest BCUT2D eigenvalue weighted by Crippen LogP contribution is 2.02. The smallest absolute Gasteiger partial charge is 0.120 e. The molecule has 7 heavy (non-hydrogen) atoms. The minimum Gasteiger partial charge on any atom is -0.303 e. The van der Waals surface area contributed by atoms with Crippen LogP contribution < -0.4 is 0 Å². The average molecular weight is 99.2 g/mol. The average Bonchev–Trinajstić information content (AvgIpc) is 1.61. The molecule has 1 radical (unpaired) electrons. The molecule has 0 rings (SSSR count). The van der Waals surface area contributed by atoms with Gasteiger partial charge in [0, 0.05) is 6.42 Å². The standard InChI is InChI=1S/C6H11O/c1-6(2)4-3-5-7/h5H,3-4H2,1-2H3. The van der Waals surface area contributed by atoms with Crippen LogP contribution >= 0.6 is 0 Å². The van der Waals surface area contributed by atoms with E-state index >= 15 is 0 Å². The van der Waals surface area contributed by atoms with Gasteiger partial charge in [0.15, 0.2) is 0 Å². The third-order valence-corrected chi connectivity index (χ3v) is 0.762. The van der Waals surface area contributed by atoms with E-state index in [2.05, 4.69) is 0 Å². The van der Waals surface area contributed by atoms with E-state index in [0.717, 1.165) is 12.7 Å². The van der Waals surface area contributed by atoms with Crippen molar-refractivity contribution in [2.75, 3.05) is 0 Å². The monoisotopic (exact) mass is 99.1 g/mol. The Hall–Kier alpha value is -0.330. The van der Waals surface area contributed by atoms with Gasteiger partial charge in [-0.15, -0.1) is 0 Å². The molecule has 41 valence electrons. The maximum absolute atomic E-state index is 9.70. The van der Waals surface area contributed by atoms with Crippen molar-refractivity contribution in [2.45, 2.75) is 26.7 Å². The fraction of sp³-hybridized carbons (Fsp3) is 0.667. The van der Waals surface area contributed by atoms with Crippen molar-refractivity contribution in [2.24, 2.45) is 0 Å². The second-order valence-corrected chi connectivity index (χ2v) is 1.91. The summed E-state index contributed by atoms with van der Waals surface area (Å²) in [5.74, 6) is 1.33. The molecular weight excluding hydrogens is 88.1 g/mol. The van der Waals surface area contributed by atoms with Crippen molar-refractivity contribution in [1.82, 2.24) is 0 Å². The van der Waals surface area contributed by atoms with Gasteiger partial charge in [-0.1, -0.05) is 13.8 Å². The molecule has 0 aromatic carbocycles. The zero-order valence-electron chi connectivity index (χ0n) is 4.90. The molecule has 0 atom stereocenters. The lowest BCUT2D eigenvalue weighted by atomic mass is 10.1. The predicted octanol–water partition coefficient (Wildman–Crippen LogP) is 1.58. The van der Waals surface area contributed by atoms with Gasteiger partial charge in [0.2, 0.25) is 0 Å². The van der Waals surface area contributed by atoms with E-state index < -0.39 is 0 Å². The molecule has 0 bridgehead atoms. The second-order valence-electron chi connectivity index (χ2n) is 1.91. The fourth-order valence-electron chi connectivity index (χ4n) is 0.348. The first-order valence-electron chi connectivity index (χ1n) is 2.50. The van der Waals surface area contributed by atoms with Crippen LogP contribution in [0.25, 0.3) is 0 Å². The first kappa shape index (κ1) is 6.67. The van der Waals surface area contributed by atoms with E-state index in [1.54, 1.807) is 0 Å². The Bertz CT molecular complexity index is 48.1. The Kier molecular flexibility index (Phi) is 3.67. The van der Waals surface area contributed by atoms with Gasteiger partial charge < -0.3 is 4.79 Å². The molecule has 0 fully saturated rings. The first-order valence-corrected chi connectivity index (χ1v) is 2.50. The van der Waals surface area contributed by atoms with Gasteiger partial charge in [0.05, 0.1) is 0 Å². The molecule has 1 nitrogen and oxygen atoms in total. The van der Waals surface area contributed by atoms with Crippen molar-refractivity contribution < 1.29 is 4.79 Å². The van der Waals surface area contributed by atoms with Crippen LogP contribution in [0.3, 0.4) is 0 Å². The number of hydrogen-bond acceptors (Lipinski definition) is 1. The predicted molar refractivity (Wildman–Crippen MR) is 29.9 cm³/mol. The Morgan fingerprint density at radius 2 is 2.14 bits per heavy atom. The molecule has 0 N–H and O–H groups in total. The Balaban J connectivity index is 2.81. The third kappa shape index (κ3) is 5.67. The van der Waals surface area contributed by atoms with E-state index in [1.807, 2.05) is 13.8 Å². The summed E-state index contributed by atoms with van der Waals surface area (Å²) in [6.45, 7) is 4.06. The SMILES string of the molecule is C[C](C)CCC=O. The highest BCUT2D eigenvalue weighted by atomic mass is 16.1. The van der Waals surface area contributed by atoms with Crippen LogP contribution in [0.4, 0.5) is 0 Å². The summed E-state index contributed by atoms with van der Waals surface area (Å²) in [4.78, 5) is 9.70. The number of aldehydes is 1. The third-order valence-electron chi connectivity index (χ3n) is 0.762. The zero-order chi connectivity index (χ0) is 5.70. The van der Waals surface area contributed by atoms with Gasteiger partial charge in [-0.25, -0.2) is 0 Å². The number of carbonyl (C=O) groups excluding carboxylic acids is 1. The number of carbonyl (C=O) groups is 1. The van der Waals surface area contributed by atoms with Gasteiger partial charge in [0.25, 0.3) is 0 Å². The summed E-state index contributed by atoms with van der Waals surface area (Å²) >= 11 is 0. The lowest BCUT2D eigenvalue weighted by molar-refractivity contribution is -0.107. The van der Waals surface area contributed by atoms with Gasteiger partial charge >= 0.3 is 0 Å². The number of rotatable bonds is 3. The summed E-state index contributed by atoms with van der Waals surface area (Å²) in [5, 5.41) is 0. The van der Waals surface area contributed by atoms with Gasteiger partial charge in [-0.2, -0.15) is 0 Å². The van der Waals surface area contributed by atoms with Crippen molar-refractivity contribution in [3.05, 3.63) is 5.92 Å². The molecule has 0 saturated heterocycles. The highest BCUT2D eigenvalue weighted by molar-refractivity contribution is 5.49. The molecule has 0 aliphatic carbocycles. The first-order chi connectivity index (χ1) is 3.27. The molecule has 1 heteroatoms. The zero-order valence-corrected chi connectivity index (χ0v) is 4.90. The molecule has 0 amide bonds. The van der Waals surface area contributed by atoms with E-state index in [4.69, 9.17) is 0 Å². The topological polar surface area (TPSA) is 17.1 Å². The van der Waals surface area contributed by atoms with Crippen LogP contribution in [0.1, 0.15) is 26.7 Å². The molecule has 0 spiro atoms. The van der Waals surface area contributed by atoms with Gasteiger partial charge in [-0.05, 0) is 12.3 Å². The summed E-state index contributed by atoms with van der Waals surface area (Å²) in [7, 11) is 0. The van der Waals surface area contributed by atoms with Crippen LogP contribution in [0.5, 0.6) is 0 Å². The van der Waals surface area contributed by atoms with E-state index in [1.165, 1.54) is 5.92 Å². The van der Waals surface area contributed by atoms with E-state index in [0.29, 0.717) is 6.42 Å². The Morgan fingerprint density at radius 3 is 2.29 bits per heavy atom. The maximum atomic E-state index is 9.70. The van der Waals surface area contributed by atoms with Crippen LogP contribution in [0.15, 0.2) is 0 Å². The molecule has 0 unspecified atom stereocenters. The molecule has 0 aromatic rings. The van der Waals surface area contributed by atoms with Crippen molar-refractivity contribution in [1.29, 1.82) is 0 Å². The van der Waals surface area contributed by atoms with Crippen molar-refractivity contribution in [3.8, 4) is 0 Å².